The van der Waals surface area contributed by atoms with Gasteiger partial charge >= 0.3 is 0 Å². The Balaban J connectivity index is 0.776. The summed E-state index contributed by atoms with van der Waals surface area (Å²) in [6.45, 7) is 2.52. The van der Waals surface area contributed by atoms with E-state index in [4.69, 9.17) is 0 Å². The lowest BCUT2D eigenvalue weighted by Crippen LogP contribution is -2.58. The molecule has 59 heavy (non-hydrogen) atoms. The number of carbonyl (C=O) groups is 3. The van der Waals surface area contributed by atoms with Crippen molar-refractivity contribution in [2.24, 2.45) is 0 Å². The first-order valence-corrected chi connectivity index (χ1v) is 20.5. The number of hydrogen-bond acceptors (Lipinski definition) is 11. The molecule has 4 aromatic rings. The first-order chi connectivity index (χ1) is 28.5. The number of hydrogen-bond donors (Lipinski definition) is 5. The van der Waals surface area contributed by atoms with Gasteiger partial charge in [0.25, 0.3) is 11.5 Å². The zero-order valence-corrected chi connectivity index (χ0v) is 32.7. The summed E-state index contributed by atoms with van der Waals surface area (Å²) in [6.07, 6.45) is 8.57. The van der Waals surface area contributed by atoms with Crippen molar-refractivity contribution in [3.05, 3.63) is 95.0 Å². The van der Waals surface area contributed by atoms with Crippen LogP contribution in [0.4, 0.5) is 26.1 Å². The lowest BCUT2D eigenvalue weighted by molar-refractivity contribution is -0.146. The number of aromatic nitrogens is 3. The molecule has 1 saturated carbocycles. The number of rotatable bonds is 10. The van der Waals surface area contributed by atoms with Gasteiger partial charge in [0.2, 0.25) is 17.8 Å². The first-order valence-electron chi connectivity index (χ1n) is 20.5. The fourth-order valence-corrected chi connectivity index (χ4v) is 8.81. The number of carbonyl (C=O) groups excluding carboxylic acids is 3. The number of benzene rings is 2. The molecule has 3 saturated heterocycles. The lowest BCUT2D eigenvalue weighted by atomic mass is 9.86. The number of likely N-dealkylation sites (tertiary alicyclic amines) is 1. The van der Waals surface area contributed by atoms with E-state index in [1.54, 1.807) is 54.7 Å². The van der Waals surface area contributed by atoms with Crippen LogP contribution in [-0.4, -0.2) is 98.2 Å². The molecule has 1 unspecified atom stereocenters. The SMILES string of the molecule is O=C1CCC(Nc2ccc(N3CCC(N4CCC(O)(C(=O)NC5CCC(Nc6ncc(F)c(-c7cccc(-n8ccccc8=O)c7)n6)CC5)CC4)CC3)c(F)c2)C(=O)N1. The fraction of sp³-hybridized carbons (Fsp3) is 0.442. The third-order valence-electron chi connectivity index (χ3n) is 12.3. The Morgan fingerprint density at radius 3 is 2.32 bits per heavy atom. The maximum Gasteiger partial charge on any atom is 0.255 e. The zero-order chi connectivity index (χ0) is 41.1. The van der Waals surface area contributed by atoms with Gasteiger partial charge < -0.3 is 30.9 Å². The molecule has 1 atom stereocenters. The van der Waals surface area contributed by atoms with Gasteiger partial charge in [0, 0.05) is 79.9 Å². The van der Waals surface area contributed by atoms with Crippen molar-refractivity contribution < 1.29 is 28.3 Å². The van der Waals surface area contributed by atoms with E-state index in [1.807, 2.05) is 4.90 Å². The summed E-state index contributed by atoms with van der Waals surface area (Å²) < 4.78 is 31.7. The van der Waals surface area contributed by atoms with Crippen LogP contribution in [0.25, 0.3) is 16.9 Å². The van der Waals surface area contributed by atoms with Crippen LogP contribution >= 0.6 is 0 Å². The highest BCUT2D eigenvalue weighted by Gasteiger charge is 2.42. The van der Waals surface area contributed by atoms with E-state index in [-0.39, 0.29) is 53.4 Å². The summed E-state index contributed by atoms with van der Waals surface area (Å²) in [5.41, 5.74) is 0.586. The number of aliphatic hydroxyl groups is 1. The predicted molar refractivity (Wildman–Crippen MR) is 218 cm³/mol. The molecule has 8 rings (SSSR count). The number of piperidine rings is 3. The van der Waals surface area contributed by atoms with Gasteiger partial charge in [-0.1, -0.05) is 18.2 Å². The molecule has 310 valence electrons. The molecule has 1 aliphatic carbocycles. The van der Waals surface area contributed by atoms with E-state index < -0.39 is 23.4 Å². The highest BCUT2D eigenvalue weighted by molar-refractivity contribution is 6.01. The average molecular weight is 810 g/mol. The normalized spacial score (nSPS) is 22.7. The monoisotopic (exact) mass is 809 g/mol. The van der Waals surface area contributed by atoms with Gasteiger partial charge in [0.1, 0.15) is 23.2 Å². The third kappa shape index (κ3) is 9.13. The van der Waals surface area contributed by atoms with E-state index in [1.165, 1.54) is 16.7 Å². The summed E-state index contributed by atoms with van der Waals surface area (Å²) in [5.74, 6) is -1.69. The quantitative estimate of drug-likeness (QED) is 0.146. The maximum absolute atomic E-state index is 15.2. The third-order valence-corrected chi connectivity index (χ3v) is 12.3. The Kier molecular flexibility index (Phi) is 11.7. The van der Waals surface area contributed by atoms with Crippen molar-refractivity contribution in [2.45, 2.75) is 94.0 Å². The van der Waals surface area contributed by atoms with Gasteiger partial charge in [-0.2, -0.15) is 0 Å². The number of nitrogens with one attached hydrogen (secondary N) is 4. The Labute approximate surface area is 340 Å². The lowest BCUT2D eigenvalue weighted by Gasteiger charge is -2.44. The number of nitrogens with zero attached hydrogens (tertiary/aromatic N) is 5. The molecule has 14 nitrogen and oxygen atoms in total. The van der Waals surface area contributed by atoms with Crippen molar-refractivity contribution >= 4 is 35.0 Å². The molecule has 2 aromatic heterocycles. The van der Waals surface area contributed by atoms with E-state index in [2.05, 4.69) is 36.1 Å². The van der Waals surface area contributed by atoms with E-state index in [9.17, 15) is 28.7 Å². The molecule has 16 heteroatoms. The van der Waals surface area contributed by atoms with E-state index >= 15 is 4.39 Å². The average Bonchev–Trinajstić information content (AvgIpc) is 3.24. The Hall–Kier alpha value is -5.74. The molecule has 3 amide bonds. The van der Waals surface area contributed by atoms with Crippen LogP contribution in [0.15, 0.2) is 77.9 Å². The second-order valence-corrected chi connectivity index (χ2v) is 16.1. The number of imide groups is 1. The van der Waals surface area contributed by atoms with E-state index in [0.717, 1.165) is 31.9 Å². The van der Waals surface area contributed by atoms with Crippen LogP contribution in [0.3, 0.4) is 0 Å². The fourth-order valence-electron chi connectivity index (χ4n) is 8.81. The minimum Gasteiger partial charge on any atom is -0.380 e. The van der Waals surface area contributed by atoms with Crippen molar-refractivity contribution in [1.29, 1.82) is 0 Å². The molecule has 3 aliphatic heterocycles. The van der Waals surface area contributed by atoms with Crippen LogP contribution in [0, 0.1) is 11.6 Å². The first kappa shape index (κ1) is 40.1. The summed E-state index contributed by atoms with van der Waals surface area (Å²) in [6, 6.07) is 16.3. The molecule has 0 bridgehead atoms. The Bertz CT molecular complexity index is 2250. The van der Waals surface area contributed by atoms with Gasteiger partial charge in [-0.15, -0.1) is 0 Å². The smallest absolute Gasteiger partial charge is 0.255 e. The van der Waals surface area contributed by atoms with Gasteiger partial charge in [-0.25, -0.2) is 18.7 Å². The van der Waals surface area contributed by atoms with Crippen LogP contribution in [0.5, 0.6) is 0 Å². The molecule has 4 fully saturated rings. The molecule has 5 heterocycles. The van der Waals surface area contributed by atoms with Gasteiger partial charge in [0.15, 0.2) is 5.82 Å². The molecule has 2 aromatic carbocycles. The van der Waals surface area contributed by atoms with Crippen LogP contribution in [0.2, 0.25) is 0 Å². The molecule has 0 radical (unpaired) electrons. The second kappa shape index (κ2) is 17.2. The zero-order valence-electron chi connectivity index (χ0n) is 32.7. The van der Waals surface area contributed by atoms with Gasteiger partial charge in [-0.3, -0.25) is 29.1 Å². The largest absolute Gasteiger partial charge is 0.380 e. The summed E-state index contributed by atoms with van der Waals surface area (Å²) in [7, 11) is 0. The summed E-state index contributed by atoms with van der Waals surface area (Å²) >= 11 is 0. The number of amides is 3. The molecule has 5 N–H and O–H groups in total. The highest BCUT2D eigenvalue weighted by atomic mass is 19.1. The Morgan fingerprint density at radius 2 is 1.59 bits per heavy atom. The number of pyridine rings is 1. The second-order valence-electron chi connectivity index (χ2n) is 16.1. The van der Waals surface area contributed by atoms with Crippen LogP contribution in [0.1, 0.15) is 64.2 Å². The summed E-state index contributed by atoms with van der Waals surface area (Å²) in [5, 5.41) is 23.2. The number of anilines is 3. The van der Waals surface area contributed by atoms with Crippen molar-refractivity contribution in [1.82, 2.24) is 30.1 Å². The summed E-state index contributed by atoms with van der Waals surface area (Å²) in [4.78, 5) is 62.4. The molecular formula is C43H49F2N9O5. The van der Waals surface area contributed by atoms with Gasteiger partial charge in [-0.05, 0) is 94.2 Å². The van der Waals surface area contributed by atoms with Crippen molar-refractivity contribution in [3.8, 4) is 16.9 Å². The molecule has 0 spiro atoms. The Morgan fingerprint density at radius 1 is 0.831 bits per heavy atom. The standard InChI is InChI=1S/C43H49F2N9O5/c44-33-25-30(47-35-12-14-37(55)50-40(35)57)11-13-36(33)53-20-15-31(16-21-53)52-22-17-43(59,18-23-52)41(58)48-28-7-9-29(10-8-28)49-42-46-26-34(45)39(51-42)27-4-3-5-32(24-27)54-19-2-1-6-38(54)56/h1-6,11,13,19,24-26,28-29,31,35,47,59H,7-10,12,14-18,20-23H2,(H,48,58)(H,46,49,51)(H,50,55,57). The maximum atomic E-state index is 15.2. The van der Waals surface area contributed by atoms with Crippen LogP contribution in [-0.2, 0) is 14.4 Å². The number of halogens is 2. The molecular weight excluding hydrogens is 761 g/mol. The topological polar surface area (TPSA) is 174 Å². The minimum atomic E-state index is -1.44. The predicted octanol–water partition coefficient (Wildman–Crippen LogP) is 4.13. The van der Waals surface area contributed by atoms with Gasteiger partial charge in [0.05, 0.1) is 11.9 Å². The molecule has 4 aliphatic rings. The minimum absolute atomic E-state index is 0.0197. The van der Waals surface area contributed by atoms with Crippen LogP contribution < -0.4 is 31.7 Å². The van der Waals surface area contributed by atoms with Crippen molar-refractivity contribution in [2.75, 3.05) is 41.7 Å². The highest BCUT2D eigenvalue weighted by Crippen LogP contribution is 2.32. The van der Waals surface area contributed by atoms with E-state index in [0.29, 0.717) is 86.9 Å². The van der Waals surface area contributed by atoms with Crippen molar-refractivity contribution in [3.63, 3.8) is 0 Å².